The van der Waals surface area contributed by atoms with Crippen LogP contribution in [0.25, 0.3) is 11.1 Å². The van der Waals surface area contributed by atoms with Crippen LogP contribution in [0.3, 0.4) is 0 Å². The minimum absolute atomic E-state index is 0.184. The molecule has 0 amide bonds. The molecular weight excluding hydrogens is 470 g/mol. The first kappa shape index (κ1) is 25.4. The molecule has 0 aromatic heterocycles. The van der Waals surface area contributed by atoms with Crippen molar-refractivity contribution in [2.45, 2.75) is 127 Å². The van der Waals surface area contributed by atoms with Crippen LogP contribution in [0, 0.1) is 0 Å². The van der Waals surface area contributed by atoms with Gasteiger partial charge in [0.15, 0.2) is 0 Å². The Balaban J connectivity index is 1.35. The fourth-order valence-electron chi connectivity index (χ4n) is 8.28. The molecule has 0 spiro atoms. The number of fused-ring (bicyclic) bond motifs is 3. The maximum Gasteiger partial charge on any atom is 0.494 e. The molecule has 2 aromatic carbocycles. The Morgan fingerprint density at radius 3 is 1.13 bits per heavy atom. The standard InChI is InChI=1S/C32H42B2O4/c1-27(2)28(3,4)36-33(35-27)21-11-13-23-24-14-12-22(34-37-29(5,6)30(7,8)38-34)20-26(24)32-17-9-15-31(32,16-10-18-32)25(23)19-21/h11-14,19-20H,9-10,15-18H2,1-8H3/t31-,32+. The lowest BCUT2D eigenvalue weighted by Gasteiger charge is -2.48. The predicted octanol–water partition coefficient (Wildman–Crippen LogP) is 5.81. The van der Waals surface area contributed by atoms with E-state index in [0.29, 0.717) is 0 Å². The van der Waals surface area contributed by atoms with Crippen molar-refractivity contribution in [3.8, 4) is 11.1 Å². The zero-order valence-corrected chi connectivity index (χ0v) is 24.5. The molecule has 0 unspecified atom stereocenters. The summed E-state index contributed by atoms with van der Waals surface area (Å²) in [5.74, 6) is 0. The molecule has 2 saturated heterocycles. The third kappa shape index (κ3) is 3.09. The molecule has 0 atom stereocenters. The number of hydrogen-bond donors (Lipinski definition) is 0. The van der Waals surface area contributed by atoms with Gasteiger partial charge < -0.3 is 18.6 Å². The molecule has 2 saturated carbocycles. The van der Waals surface area contributed by atoms with Crippen LogP contribution in [0.4, 0.5) is 0 Å². The molecule has 0 N–H and O–H groups in total. The molecule has 2 heterocycles. The summed E-state index contributed by atoms with van der Waals surface area (Å²) in [5.41, 5.74) is 7.14. The molecule has 0 radical (unpaired) electrons. The van der Waals surface area contributed by atoms with Crippen molar-refractivity contribution in [1.29, 1.82) is 0 Å². The van der Waals surface area contributed by atoms with Crippen molar-refractivity contribution in [1.82, 2.24) is 0 Å². The average molecular weight is 512 g/mol. The van der Waals surface area contributed by atoms with Crippen LogP contribution in [0.5, 0.6) is 0 Å². The smallest absolute Gasteiger partial charge is 0.399 e. The van der Waals surface area contributed by atoms with E-state index in [1.54, 1.807) is 0 Å². The van der Waals surface area contributed by atoms with E-state index in [4.69, 9.17) is 18.6 Å². The van der Waals surface area contributed by atoms with Crippen LogP contribution in [0.1, 0.15) is 105 Å². The molecule has 4 nitrogen and oxygen atoms in total. The molecular formula is C32H42B2O4. The Morgan fingerprint density at radius 1 is 0.500 bits per heavy atom. The Hall–Kier alpha value is -1.59. The highest BCUT2D eigenvalue weighted by Gasteiger charge is 2.63. The van der Waals surface area contributed by atoms with Gasteiger partial charge >= 0.3 is 14.2 Å². The lowest BCUT2D eigenvalue weighted by Crippen LogP contribution is -2.46. The summed E-state index contributed by atoms with van der Waals surface area (Å²) in [5, 5.41) is 0. The Kier molecular flexibility index (Phi) is 5.06. The van der Waals surface area contributed by atoms with Crippen molar-refractivity contribution >= 4 is 25.2 Å². The van der Waals surface area contributed by atoms with Gasteiger partial charge in [-0.3, -0.25) is 0 Å². The topological polar surface area (TPSA) is 36.9 Å². The molecule has 6 heteroatoms. The number of hydrogen-bond acceptors (Lipinski definition) is 4. The molecule has 2 aliphatic heterocycles. The summed E-state index contributed by atoms with van der Waals surface area (Å²) in [6, 6.07) is 14.1. The maximum atomic E-state index is 6.49. The van der Waals surface area contributed by atoms with E-state index >= 15 is 0 Å². The second kappa shape index (κ2) is 7.57. The predicted molar refractivity (Wildman–Crippen MR) is 154 cm³/mol. The molecule has 7 rings (SSSR count). The molecule has 2 aromatic rings. The van der Waals surface area contributed by atoms with Gasteiger partial charge in [-0.25, -0.2) is 0 Å². The van der Waals surface area contributed by atoms with Crippen molar-refractivity contribution in [2.24, 2.45) is 0 Å². The molecule has 4 fully saturated rings. The molecule has 38 heavy (non-hydrogen) atoms. The van der Waals surface area contributed by atoms with Crippen molar-refractivity contribution < 1.29 is 18.6 Å². The zero-order valence-electron chi connectivity index (χ0n) is 24.5. The van der Waals surface area contributed by atoms with Gasteiger partial charge in [0.25, 0.3) is 0 Å². The van der Waals surface area contributed by atoms with Crippen LogP contribution in [0.2, 0.25) is 0 Å². The van der Waals surface area contributed by atoms with Gasteiger partial charge in [-0.15, -0.1) is 0 Å². The van der Waals surface area contributed by atoms with E-state index < -0.39 is 0 Å². The fraction of sp³-hybridized carbons (Fsp3) is 0.625. The molecule has 200 valence electrons. The van der Waals surface area contributed by atoms with Gasteiger partial charge in [0.05, 0.1) is 22.4 Å². The minimum atomic E-state index is -0.340. The minimum Gasteiger partial charge on any atom is -0.399 e. The van der Waals surface area contributed by atoms with Crippen LogP contribution >= 0.6 is 0 Å². The van der Waals surface area contributed by atoms with Gasteiger partial charge in [-0.1, -0.05) is 49.2 Å². The van der Waals surface area contributed by atoms with E-state index in [1.807, 2.05) is 0 Å². The fourth-order valence-corrected chi connectivity index (χ4v) is 8.28. The summed E-state index contributed by atoms with van der Waals surface area (Å²) in [4.78, 5) is 0. The van der Waals surface area contributed by atoms with E-state index in [0.717, 1.165) is 10.9 Å². The van der Waals surface area contributed by atoms with E-state index in [1.165, 1.54) is 60.8 Å². The number of benzene rings is 2. The Bertz CT molecular complexity index is 1190. The third-order valence-electron chi connectivity index (χ3n) is 11.8. The second-order valence-electron chi connectivity index (χ2n) is 14.7. The van der Waals surface area contributed by atoms with E-state index in [2.05, 4.69) is 91.8 Å². The molecule has 5 aliphatic rings. The van der Waals surface area contributed by atoms with Crippen molar-refractivity contribution in [2.75, 3.05) is 0 Å². The van der Waals surface area contributed by atoms with E-state index in [-0.39, 0.29) is 47.5 Å². The maximum absolute atomic E-state index is 6.49. The quantitative estimate of drug-likeness (QED) is 0.477. The first-order valence-electron chi connectivity index (χ1n) is 14.7. The Labute approximate surface area is 229 Å². The SMILES string of the molecule is CC1(C)OB(c2ccc3c(c2)[C@]24CCC[C@]2(CCC4)c2cc(B4OC(C)(C)C(C)(C)O4)ccc2-3)OC1(C)C. The summed E-state index contributed by atoms with van der Waals surface area (Å²) >= 11 is 0. The average Bonchev–Trinajstić information content (AvgIpc) is 3.51. The van der Waals surface area contributed by atoms with Gasteiger partial charge in [0.1, 0.15) is 0 Å². The van der Waals surface area contributed by atoms with Gasteiger partial charge in [-0.2, -0.15) is 0 Å². The summed E-state index contributed by atoms with van der Waals surface area (Å²) in [7, 11) is -0.655. The van der Waals surface area contributed by atoms with Crippen LogP contribution in [-0.2, 0) is 29.4 Å². The van der Waals surface area contributed by atoms with Gasteiger partial charge in [0, 0.05) is 10.8 Å². The normalized spacial score (nSPS) is 33.2. The summed E-state index contributed by atoms with van der Waals surface area (Å²) in [6.07, 6.45) is 7.58. The van der Waals surface area contributed by atoms with Gasteiger partial charge in [-0.05, 0) is 114 Å². The molecule has 0 bridgehead atoms. The van der Waals surface area contributed by atoms with Gasteiger partial charge in [0.2, 0.25) is 0 Å². The monoisotopic (exact) mass is 512 g/mol. The second-order valence-corrected chi connectivity index (χ2v) is 14.7. The van der Waals surface area contributed by atoms with E-state index in [9.17, 15) is 0 Å². The summed E-state index contributed by atoms with van der Waals surface area (Å²) in [6.45, 7) is 17.1. The van der Waals surface area contributed by atoms with Crippen molar-refractivity contribution in [3.63, 3.8) is 0 Å². The van der Waals surface area contributed by atoms with Crippen LogP contribution in [-0.4, -0.2) is 36.6 Å². The third-order valence-corrected chi connectivity index (χ3v) is 11.8. The largest absolute Gasteiger partial charge is 0.494 e. The lowest BCUT2D eigenvalue weighted by molar-refractivity contribution is 0.00578. The summed E-state index contributed by atoms with van der Waals surface area (Å²) < 4.78 is 25.9. The lowest BCUT2D eigenvalue weighted by atomic mass is 9.54. The first-order chi connectivity index (χ1) is 17.7. The highest BCUT2D eigenvalue weighted by molar-refractivity contribution is 6.62. The highest BCUT2D eigenvalue weighted by atomic mass is 16.7. The Morgan fingerprint density at radius 2 is 0.816 bits per heavy atom. The first-order valence-corrected chi connectivity index (χ1v) is 14.7. The van der Waals surface area contributed by atoms with Crippen LogP contribution < -0.4 is 10.9 Å². The zero-order chi connectivity index (χ0) is 26.9. The van der Waals surface area contributed by atoms with Crippen LogP contribution in [0.15, 0.2) is 36.4 Å². The number of rotatable bonds is 2. The highest BCUT2D eigenvalue weighted by Crippen LogP contribution is 2.69. The van der Waals surface area contributed by atoms with Crippen molar-refractivity contribution in [3.05, 3.63) is 47.5 Å². The molecule has 3 aliphatic carbocycles.